The molecule has 0 saturated heterocycles. The van der Waals surface area contributed by atoms with Crippen LogP contribution in [-0.4, -0.2) is 28.8 Å². The molecule has 4 nitrogen and oxygen atoms in total. The van der Waals surface area contributed by atoms with Gasteiger partial charge in [0, 0.05) is 16.3 Å². The Morgan fingerprint density at radius 2 is 1.90 bits per heavy atom. The molecule has 0 heterocycles. The van der Waals surface area contributed by atoms with Crippen LogP contribution in [0.2, 0.25) is 0 Å². The summed E-state index contributed by atoms with van der Waals surface area (Å²) in [5.41, 5.74) is 0.718. The van der Waals surface area contributed by atoms with Gasteiger partial charge in [-0.3, -0.25) is 9.79 Å². The van der Waals surface area contributed by atoms with E-state index < -0.39 is 0 Å². The number of ketones is 1. The van der Waals surface area contributed by atoms with Crippen molar-refractivity contribution in [3.05, 3.63) is 56.5 Å². The van der Waals surface area contributed by atoms with E-state index in [2.05, 4.69) is 36.9 Å². The van der Waals surface area contributed by atoms with Gasteiger partial charge in [-0.2, -0.15) is 0 Å². The molecule has 0 aliphatic heterocycles. The van der Waals surface area contributed by atoms with E-state index >= 15 is 0 Å². The Hall–Kier alpha value is -1.66. The van der Waals surface area contributed by atoms with Gasteiger partial charge in [-0.25, -0.2) is 0 Å². The summed E-state index contributed by atoms with van der Waals surface area (Å²) in [4.78, 5) is 15.9. The van der Waals surface area contributed by atoms with Crippen LogP contribution in [0.4, 0.5) is 0 Å². The van der Waals surface area contributed by atoms with Crippen molar-refractivity contribution in [1.29, 1.82) is 0 Å². The monoisotopic (exact) mass is 411 g/mol. The Bertz CT molecular complexity index is 714. The molecule has 6 heteroatoms. The lowest BCUT2D eigenvalue weighted by molar-refractivity contribution is 0.0999. The number of Topliss-reactive ketones (excluding diaryl/α,β-unsaturated/α-hetero) is 1. The lowest BCUT2D eigenvalue weighted by atomic mass is 10.1. The smallest absolute Gasteiger partial charge is 0.187 e. The van der Waals surface area contributed by atoms with E-state index in [0.29, 0.717) is 10.0 Å². The van der Waals surface area contributed by atoms with Crippen LogP contribution in [0.5, 0.6) is 11.5 Å². The molecule has 21 heavy (non-hydrogen) atoms. The first-order valence-corrected chi connectivity index (χ1v) is 7.56. The number of halogens is 2. The molecule has 0 aliphatic rings. The van der Waals surface area contributed by atoms with Crippen molar-refractivity contribution in [3.8, 4) is 11.5 Å². The second-order valence-electron chi connectivity index (χ2n) is 4.24. The molecular weight excluding hydrogens is 402 g/mol. The number of hydrogen-bond acceptors (Lipinski definition) is 4. The summed E-state index contributed by atoms with van der Waals surface area (Å²) in [6.07, 6.45) is 1.42. The molecule has 108 valence electrons. The first-order valence-electron chi connectivity index (χ1n) is 5.98. The van der Waals surface area contributed by atoms with Gasteiger partial charge in [-0.1, -0.05) is 28.1 Å². The molecule has 2 aromatic carbocycles. The Balaban J connectivity index is 2.13. The molecule has 0 aliphatic carbocycles. The Labute approximate surface area is 138 Å². The summed E-state index contributed by atoms with van der Waals surface area (Å²) < 4.78 is 1.31. The molecular formula is C15H11Br2NO3. The number of rotatable bonds is 4. The van der Waals surface area contributed by atoms with Crippen LogP contribution in [0.25, 0.3) is 0 Å². The number of phenolic OH excluding ortho intramolecular Hbond substituents is 2. The number of nitrogens with zero attached hydrogens (tertiary/aromatic N) is 1. The van der Waals surface area contributed by atoms with Gasteiger partial charge in [-0.15, -0.1) is 0 Å². The number of para-hydroxylation sites is 1. The summed E-state index contributed by atoms with van der Waals surface area (Å²) in [6.45, 7) is -0.110. The highest BCUT2D eigenvalue weighted by atomic mass is 79.9. The van der Waals surface area contributed by atoms with Gasteiger partial charge in [0.15, 0.2) is 5.78 Å². The maximum absolute atomic E-state index is 11.9. The maximum Gasteiger partial charge on any atom is 0.187 e. The summed E-state index contributed by atoms with van der Waals surface area (Å²) in [5.74, 6) is -0.305. The van der Waals surface area contributed by atoms with E-state index in [0.717, 1.165) is 4.47 Å². The topological polar surface area (TPSA) is 69.9 Å². The van der Waals surface area contributed by atoms with Crippen molar-refractivity contribution < 1.29 is 15.0 Å². The van der Waals surface area contributed by atoms with Gasteiger partial charge in [0.1, 0.15) is 18.0 Å². The van der Waals surface area contributed by atoms with E-state index in [9.17, 15) is 15.0 Å². The van der Waals surface area contributed by atoms with Crippen molar-refractivity contribution in [3.63, 3.8) is 0 Å². The van der Waals surface area contributed by atoms with Crippen LogP contribution in [0.15, 0.2) is 50.3 Å². The number of carbonyl (C=O) groups excluding carboxylic acids is 1. The van der Waals surface area contributed by atoms with Gasteiger partial charge in [0.05, 0.1) is 10.0 Å². The lowest BCUT2D eigenvalue weighted by Gasteiger charge is -2.03. The van der Waals surface area contributed by atoms with Crippen molar-refractivity contribution in [1.82, 2.24) is 0 Å². The van der Waals surface area contributed by atoms with Crippen molar-refractivity contribution in [2.24, 2.45) is 4.99 Å². The number of benzene rings is 2. The van der Waals surface area contributed by atoms with Crippen LogP contribution in [0.1, 0.15) is 15.9 Å². The Morgan fingerprint density at radius 3 is 2.62 bits per heavy atom. The average molecular weight is 413 g/mol. The number of hydrogen-bond donors (Lipinski definition) is 2. The summed E-state index contributed by atoms with van der Waals surface area (Å²) in [5, 5.41) is 19.5. The predicted octanol–water partition coefficient (Wildman–Crippen LogP) is 3.92. The fraction of sp³-hybridized carbons (Fsp3) is 0.0667. The minimum atomic E-state index is -0.294. The van der Waals surface area contributed by atoms with E-state index in [1.807, 2.05) is 0 Å². The molecule has 0 radical (unpaired) electrons. The number of carbonyl (C=O) groups is 1. The standard InChI is InChI=1S/C15H11Br2NO3/c16-10-5-9(15(21)12(17)6-10)7-18-8-14(20)11-3-1-2-4-13(11)19/h1-7,19,21H,8H2. The number of aromatic hydroxyl groups is 2. The fourth-order valence-corrected chi connectivity index (χ4v) is 2.96. The fourth-order valence-electron chi connectivity index (χ4n) is 1.71. The molecule has 0 unspecified atom stereocenters. The van der Waals surface area contributed by atoms with E-state index in [4.69, 9.17) is 0 Å². The number of phenols is 2. The van der Waals surface area contributed by atoms with E-state index in [1.54, 1.807) is 30.3 Å². The first-order chi connectivity index (χ1) is 9.99. The second-order valence-corrected chi connectivity index (χ2v) is 6.01. The van der Waals surface area contributed by atoms with Crippen molar-refractivity contribution >= 4 is 43.9 Å². The highest BCUT2D eigenvalue weighted by molar-refractivity contribution is 9.11. The highest BCUT2D eigenvalue weighted by Crippen LogP contribution is 2.30. The molecule has 2 N–H and O–H groups in total. The molecule has 0 aromatic heterocycles. The van der Waals surface area contributed by atoms with E-state index in [1.165, 1.54) is 12.3 Å². The zero-order chi connectivity index (χ0) is 15.4. The third-order valence-corrected chi connectivity index (χ3v) is 3.79. The quantitative estimate of drug-likeness (QED) is 0.590. The zero-order valence-electron chi connectivity index (χ0n) is 10.8. The summed E-state index contributed by atoms with van der Waals surface area (Å²) in [6, 6.07) is 9.71. The minimum Gasteiger partial charge on any atom is -0.507 e. The normalized spacial score (nSPS) is 11.0. The maximum atomic E-state index is 11.9. The van der Waals surface area contributed by atoms with Gasteiger partial charge in [0.2, 0.25) is 0 Å². The summed E-state index contributed by atoms with van der Waals surface area (Å²) >= 11 is 6.53. The van der Waals surface area contributed by atoms with Gasteiger partial charge < -0.3 is 10.2 Å². The van der Waals surface area contributed by atoms with E-state index in [-0.39, 0.29) is 29.4 Å². The van der Waals surface area contributed by atoms with Gasteiger partial charge in [-0.05, 0) is 40.2 Å². The molecule has 0 saturated carbocycles. The molecule has 2 rings (SSSR count). The second kappa shape index (κ2) is 6.87. The molecule has 0 amide bonds. The lowest BCUT2D eigenvalue weighted by Crippen LogP contribution is -2.04. The van der Waals surface area contributed by atoms with Crippen LogP contribution in [0, 0.1) is 0 Å². The van der Waals surface area contributed by atoms with Crippen LogP contribution in [0.3, 0.4) is 0 Å². The number of aliphatic imine (C=N–C) groups is 1. The molecule has 0 spiro atoms. The highest BCUT2D eigenvalue weighted by Gasteiger charge is 2.09. The van der Waals surface area contributed by atoms with Crippen molar-refractivity contribution in [2.75, 3.05) is 6.54 Å². The van der Waals surface area contributed by atoms with Crippen LogP contribution >= 0.6 is 31.9 Å². The largest absolute Gasteiger partial charge is 0.507 e. The predicted molar refractivity (Wildman–Crippen MR) is 88.4 cm³/mol. The molecule has 0 atom stereocenters. The Morgan fingerprint density at radius 1 is 1.19 bits per heavy atom. The molecule has 2 aromatic rings. The molecule has 0 bridgehead atoms. The molecule has 0 fully saturated rings. The third kappa shape index (κ3) is 3.92. The Kier molecular flexibility index (Phi) is 5.14. The summed E-state index contributed by atoms with van der Waals surface area (Å²) in [7, 11) is 0. The van der Waals surface area contributed by atoms with Crippen LogP contribution in [-0.2, 0) is 0 Å². The zero-order valence-corrected chi connectivity index (χ0v) is 13.9. The van der Waals surface area contributed by atoms with Gasteiger partial charge in [0.25, 0.3) is 0 Å². The third-order valence-electron chi connectivity index (χ3n) is 2.73. The SMILES string of the molecule is O=C(CN=Cc1cc(Br)cc(Br)c1O)c1ccccc1O. The van der Waals surface area contributed by atoms with Gasteiger partial charge >= 0.3 is 0 Å². The average Bonchev–Trinajstić information content (AvgIpc) is 2.44. The van der Waals surface area contributed by atoms with Crippen molar-refractivity contribution in [2.45, 2.75) is 0 Å². The van der Waals surface area contributed by atoms with Crippen LogP contribution < -0.4 is 0 Å². The first kappa shape index (κ1) is 15.7. The minimum absolute atomic E-state index is 0.0527.